The summed E-state index contributed by atoms with van der Waals surface area (Å²) in [6, 6.07) is 0. The topological polar surface area (TPSA) is 57.6 Å². The van der Waals surface area contributed by atoms with Crippen molar-refractivity contribution in [1.82, 2.24) is 4.90 Å². The van der Waals surface area contributed by atoms with E-state index in [0.29, 0.717) is 6.42 Å². The van der Waals surface area contributed by atoms with Crippen LogP contribution in [0, 0.1) is 0 Å². The Hall–Kier alpha value is -1.58. The summed E-state index contributed by atoms with van der Waals surface area (Å²) in [5, 5.41) is 7.60. The number of carboxylic acids is 1. The van der Waals surface area contributed by atoms with Gasteiger partial charge in [-0.3, -0.25) is 4.79 Å². The molecule has 1 fully saturated rings. The maximum atomic E-state index is 10.7. The molecule has 0 aromatic heterocycles. The van der Waals surface area contributed by atoms with E-state index in [0.717, 1.165) is 19.0 Å². The summed E-state index contributed by atoms with van der Waals surface area (Å²) in [6.07, 6.45) is 4.12. The number of aliphatic carboxylic acids is 1. The lowest BCUT2D eigenvalue weighted by atomic mass is 10.4. The summed E-state index contributed by atoms with van der Waals surface area (Å²) in [4.78, 5) is 21.6. The number of carbonyl (C=O) groups is 2. The van der Waals surface area contributed by atoms with Crippen LogP contribution in [-0.4, -0.2) is 28.4 Å². The first-order chi connectivity index (χ1) is 6.11. The third kappa shape index (κ3) is 4.79. The SMILES string of the molecule is C=CC(=O)O.C=CN1CCCC1=O. The lowest BCUT2D eigenvalue weighted by Crippen LogP contribution is -2.16. The monoisotopic (exact) mass is 183 g/mol. The van der Waals surface area contributed by atoms with Crippen LogP contribution in [0.25, 0.3) is 0 Å². The van der Waals surface area contributed by atoms with E-state index in [2.05, 4.69) is 13.2 Å². The molecule has 0 radical (unpaired) electrons. The van der Waals surface area contributed by atoms with Gasteiger partial charge in [0.2, 0.25) is 5.91 Å². The lowest BCUT2D eigenvalue weighted by molar-refractivity contribution is -0.131. The summed E-state index contributed by atoms with van der Waals surface area (Å²) >= 11 is 0. The van der Waals surface area contributed by atoms with E-state index < -0.39 is 5.97 Å². The average molecular weight is 183 g/mol. The first-order valence-electron chi connectivity index (χ1n) is 3.89. The van der Waals surface area contributed by atoms with Crippen LogP contribution < -0.4 is 0 Å². The Morgan fingerprint density at radius 3 is 2.23 bits per heavy atom. The Morgan fingerprint density at radius 1 is 1.54 bits per heavy atom. The fourth-order valence-corrected chi connectivity index (χ4v) is 0.862. The molecule has 0 aromatic carbocycles. The van der Waals surface area contributed by atoms with E-state index in [4.69, 9.17) is 5.11 Å². The number of likely N-dealkylation sites (tertiary alicyclic amines) is 1. The predicted molar refractivity (Wildman–Crippen MR) is 49.0 cm³/mol. The van der Waals surface area contributed by atoms with Gasteiger partial charge in [-0.2, -0.15) is 0 Å². The van der Waals surface area contributed by atoms with E-state index in [1.165, 1.54) is 0 Å². The maximum Gasteiger partial charge on any atom is 0.327 e. The Bertz CT molecular complexity index is 223. The van der Waals surface area contributed by atoms with Gasteiger partial charge in [-0.1, -0.05) is 13.2 Å². The van der Waals surface area contributed by atoms with E-state index >= 15 is 0 Å². The minimum atomic E-state index is -0.981. The quantitative estimate of drug-likeness (QED) is 0.650. The normalized spacial score (nSPS) is 14.5. The van der Waals surface area contributed by atoms with Gasteiger partial charge >= 0.3 is 5.97 Å². The second-order valence-corrected chi connectivity index (χ2v) is 2.42. The minimum absolute atomic E-state index is 0.208. The second-order valence-electron chi connectivity index (χ2n) is 2.42. The van der Waals surface area contributed by atoms with E-state index in [1.54, 1.807) is 11.1 Å². The summed E-state index contributed by atoms with van der Waals surface area (Å²) in [5.41, 5.74) is 0. The summed E-state index contributed by atoms with van der Waals surface area (Å²) < 4.78 is 0. The predicted octanol–water partition coefficient (Wildman–Crippen LogP) is 1.01. The van der Waals surface area contributed by atoms with Gasteiger partial charge in [-0.05, 0) is 12.6 Å². The van der Waals surface area contributed by atoms with Crippen molar-refractivity contribution < 1.29 is 14.7 Å². The van der Waals surface area contributed by atoms with Crippen molar-refractivity contribution in [2.24, 2.45) is 0 Å². The lowest BCUT2D eigenvalue weighted by Gasteiger charge is -2.05. The van der Waals surface area contributed by atoms with Crippen LogP contribution in [0.2, 0.25) is 0 Å². The minimum Gasteiger partial charge on any atom is -0.478 e. The van der Waals surface area contributed by atoms with Gasteiger partial charge < -0.3 is 10.0 Å². The molecule has 0 aromatic rings. The molecule has 4 heteroatoms. The molecular formula is C9H13NO3. The molecule has 13 heavy (non-hydrogen) atoms. The second kappa shape index (κ2) is 5.99. The van der Waals surface area contributed by atoms with Crippen LogP contribution in [0.15, 0.2) is 25.4 Å². The van der Waals surface area contributed by atoms with Crippen molar-refractivity contribution in [3.63, 3.8) is 0 Å². The van der Waals surface area contributed by atoms with Gasteiger partial charge in [0.05, 0.1) is 0 Å². The van der Waals surface area contributed by atoms with Crippen LogP contribution in [0.5, 0.6) is 0 Å². The van der Waals surface area contributed by atoms with E-state index in [-0.39, 0.29) is 5.91 Å². The zero-order chi connectivity index (χ0) is 10.3. The number of carboxylic acid groups (broad SMARTS) is 1. The highest BCUT2D eigenvalue weighted by molar-refractivity contribution is 5.79. The number of hydrogen-bond donors (Lipinski definition) is 1. The van der Waals surface area contributed by atoms with Crippen LogP contribution in [-0.2, 0) is 9.59 Å². The van der Waals surface area contributed by atoms with Crippen LogP contribution in [0.3, 0.4) is 0 Å². The van der Waals surface area contributed by atoms with Crippen molar-refractivity contribution in [3.8, 4) is 0 Å². The summed E-state index contributed by atoms with van der Waals surface area (Å²) in [6.45, 7) is 7.32. The molecule has 1 saturated heterocycles. The van der Waals surface area contributed by atoms with Crippen molar-refractivity contribution in [2.75, 3.05) is 6.54 Å². The Balaban J connectivity index is 0.000000252. The van der Waals surface area contributed by atoms with Crippen molar-refractivity contribution in [2.45, 2.75) is 12.8 Å². The highest BCUT2D eigenvalue weighted by Crippen LogP contribution is 2.08. The molecule has 0 unspecified atom stereocenters. The third-order valence-corrected chi connectivity index (χ3v) is 1.51. The van der Waals surface area contributed by atoms with Crippen molar-refractivity contribution in [1.29, 1.82) is 0 Å². The molecule has 72 valence electrons. The highest BCUT2D eigenvalue weighted by atomic mass is 16.4. The van der Waals surface area contributed by atoms with Crippen molar-refractivity contribution in [3.05, 3.63) is 25.4 Å². The van der Waals surface area contributed by atoms with Gasteiger partial charge in [-0.25, -0.2) is 4.79 Å². The van der Waals surface area contributed by atoms with E-state index in [9.17, 15) is 9.59 Å². The Labute approximate surface area is 77.2 Å². The van der Waals surface area contributed by atoms with Gasteiger partial charge in [0.25, 0.3) is 0 Å². The van der Waals surface area contributed by atoms with Gasteiger partial charge in [-0.15, -0.1) is 0 Å². The number of hydrogen-bond acceptors (Lipinski definition) is 2. The molecule has 1 rings (SSSR count). The highest BCUT2D eigenvalue weighted by Gasteiger charge is 2.15. The largest absolute Gasteiger partial charge is 0.478 e. The molecule has 0 bridgehead atoms. The molecule has 1 aliphatic heterocycles. The average Bonchev–Trinajstić information content (AvgIpc) is 2.52. The molecule has 4 nitrogen and oxygen atoms in total. The standard InChI is InChI=1S/C6H9NO.C3H4O2/c1-2-7-5-3-4-6(7)8;1-2-3(4)5/h2H,1,3-5H2;2H,1H2,(H,4,5). The smallest absolute Gasteiger partial charge is 0.327 e. The third-order valence-electron chi connectivity index (χ3n) is 1.51. The zero-order valence-electron chi connectivity index (χ0n) is 7.40. The molecule has 0 aliphatic carbocycles. The van der Waals surface area contributed by atoms with Crippen LogP contribution in [0.1, 0.15) is 12.8 Å². The fraction of sp³-hybridized carbons (Fsp3) is 0.333. The van der Waals surface area contributed by atoms with E-state index in [1.807, 2.05) is 0 Å². The number of nitrogens with zero attached hydrogens (tertiary/aromatic N) is 1. The first-order valence-corrected chi connectivity index (χ1v) is 3.89. The van der Waals surface area contributed by atoms with Gasteiger partial charge in [0, 0.05) is 19.0 Å². The summed E-state index contributed by atoms with van der Waals surface area (Å²) in [7, 11) is 0. The molecule has 0 atom stereocenters. The number of amides is 1. The van der Waals surface area contributed by atoms with Gasteiger partial charge in [0.15, 0.2) is 0 Å². The first kappa shape index (κ1) is 11.4. The number of rotatable bonds is 2. The molecular weight excluding hydrogens is 170 g/mol. The number of carbonyl (C=O) groups excluding carboxylic acids is 1. The van der Waals surface area contributed by atoms with Gasteiger partial charge in [0.1, 0.15) is 0 Å². The van der Waals surface area contributed by atoms with Crippen LogP contribution in [0.4, 0.5) is 0 Å². The Morgan fingerprint density at radius 2 is 2.08 bits per heavy atom. The fourth-order valence-electron chi connectivity index (χ4n) is 0.862. The molecule has 0 spiro atoms. The summed E-state index contributed by atoms with van der Waals surface area (Å²) in [5.74, 6) is -0.773. The Kier molecular flexibility index (Phi) is 5.27. The van der Waals surface area contributed by atoms with Crippen LogP contribution >= 0.6 is 0 Å². The zero-order valence-corrected chi connectivity index (χ0v) is 7.40. The molecule has 1 N–H and O–H groups in total. The maximum absolute atomic E-state index is 10.7. The molecule has 1 aliphatic rings. The molecule has 0 saturated carbocycles. The molecule has 1 heterocycles. The molecule has 1 amide bonds. The van der Waals surface area contributed by atoms with Crippen molar-refractivity contribution >= 4 is 11.9 Å².